The Morgan fingerprint density at radius 3 is 2.18 bits per heavy atom. The van der Waals surface area contributed by atoms with E-state index in [0.29, 0.717) is 11.3 Å². The first-order chi connectivity index (χ1) is 13.5. The monoisotopic (exact) mass is 380 g/mol. The van der Waals surface area contributed by atoms with Crippen LogP contribution < -0.4 is 10.2 Å². The van der Waals surface area contributed by atoms with Crippen molar-refractivity contribution in [1.82, 2.24) is 5.32 Å². The number of esters is 1. The Balaban J connectivity index is 1.93. The van der Waals surface area contributed by atoms with Crippen molar-refractivity contribution in [2.45, 2.75) is 13.0 Å². The third-order valence-corrected chi connectivity index (χ3v) is 4.43. The number of nitrogens with zero attached hydrogens (tertiary/aromatic N) is 1. The predicted molar refractivity (Wildman–Crippen MR) is 102 cm³/mol. The highest BCUT2D eigenvalue weighted by Crippen LogP contribution is 2.29. The van der Waals surface area contributed by atoms with Gasteiger partial charge in [0.15, 0.2) is 5.78 Å². The fraction of sp³-hybridized carbons (Fsp3) is 0.238. The van der Waals surface area contributed by atoms with Gasteiger partial charge in [-0.05, 0) is 19.1 Å². The first-order valence-electron chi connectivity index (χ1n) is 8.95. The first-order valence-corrected chi connectivity index (χ1v) is 8.95. The van der Waals surface area contributed by atoms with Gasteiger partial charge in [0.25, 0.3) is 5.91 Å². The topological polar surface area (TPSA) is 92.8 Å². The Morgan fingerprint density at radius 2 is 1.57 bits per heavy atom. The maximum atomic E-state index is 13.0. The van der Waals surface area contributed by atoms with Gasteiger partial charge in [-0.1, -0.05) is 48.5 Å². The Labute approximate surface area is 162 Å². The molecule has 2 aromatic carbocycles. The van der Waals surface area contributed by atoms with Crippen LogP contribution in [-0.2, 0) is 19.1 Å². The van der Waals surface area contributed by atoms with E-state index in [-0.39, 0.29) is 13.2 Å². The summed E-state index contributed by atoms with van der Waals surface area (Å²) in [6, 6.07) is 15.6. The van der Waals surface area contributed by atoms with Crippen LogP contribution in [0.4, 0.5) is 5.69 Å². The van der Waals surface area contributed by atoms with Gasteiger partial charge in [0.1, 0.15) is 12.0 Å². The molecule has 3 rings (SSSR count). The van der Waals surface area contributed by atoms with E-state index in [1.807, 2.05) is 0 Å². The van der Waals surface area contributed by atoms with Crippen LogP contribution in [0.1, 0.15) is 17.3 Å². The number of hydrogen-bond donors (Lipinski definition) is 1. The number of hydrogen-bond acceptors (Lipinski definition) is 6. The lowest BCUT2D eigenvalue weighted by atomic mass is 9.92. The lowest BCUT2D eigenvalue weighted by Gasteiger charge is -2.15. The van der Waals surface area contributed by atoms with Crippen LogP contribution in [-0.4, -0.2) is 42.8 Å². The minimum Gasteiger partial charge on any atom is -0.465 e. The minimum absolute atomic E-state index is 0.195. The van der Waals surface area contributed by atoms with E-state index in [0.717, 1.165) is 4.90 Å². The van der Waals surface area contributed by atoms with E-state index in [4.69, 9.17) is 4.74 Å². The summed E-state index contributed by atoms with van der Waals surface area (Å²) in [7, 11) is 0. The largest absolute Gasteiger partial charge is 0.465 e. The fourth-order valence-corrected chi connectivity index (χ4v) is 3.16. The van der Waals surface area contributed by atoms with Gasteiger partial charge in [-0.3, -0.25) is 24.5 Å². The number of Topliss-reactive ketones (excluding diaryl/α,β-unsaturated/α-hetero) is 1. The van der Waals surface area contributed by atoms with E-state index in [1.54, 1.807) is 67.6 Å². The Bertz CT molecular complexity index is 882. The zero-order chi connectivity index (χ0) is 20.1. The number of para-hydroxylation sites is 1. The summed E-state index contributed by atoms with van der Waals surface area (Å²) >= 11 is 0. The molecule has 1 N–H and O–H groups in total. The average molecular weight is 380 g/mol. The molecule has 28 heavy (non-hydrogen) atoms. The van der Waals surface area contributed by atoms with Crippen molar-refractivity contribution in [1.29, 1.82) is 0 Å². The van der Waals surface area contributed by atoms with Crippen molar-refractivity contribution >= 4 is 29.3 Å². The molecule has 144 valence electrons. The molecule has 1 heterocycles. The smallest absolute Gasteiger partial charge is 0.319 e. The number of rotatable bonds is 7. The van der Waals surface area contributed by atoms with Crippen LogP contribution >= 0.6 is 0 Å². The Hall–Kier alpha value is -3.32. The predicted octanol–water partition coefficient (Wildman–Crippen LogP) is 1.58. The van der Waals surface area contributed by atoms with Crippen molar-refractivity contribution in [2.24, 2.45) is 5.92 Å². The number of carbonyl (C=O) groups is 4. The third-order valence-electron chi connectivity index (χ3n) is 4.43. The summed E-state index contributed by atoms with van der Waals surface area (Å²) < 4.78 is 4.86. The van der Waals surface area contributed by atoms with Crippen molar-refractivity contribution in [3.63, 3.8) is 0 Å². The number of carbonyl (C=O) groups excluding carboxylic acids is 4. The normalized spacial score (nSPS) is 19.0. The molecule has 0 spiro atoms. The second kappa shape index (κ2) is 8.58. The molecule has 2 atom stereocenters. The molecule has 0 saturated carbocycles. The molecule has 0 aliphatic carbocycles. The summed E-state index contributed by atoms with van der Waals surface area (Å²) in [6.07, 6.45) is 0. The minimum atomic E-state index is -1.26. The van der Waals surface area contributed by atoms with E-state index in [2.05, 4.69) is 5.32 Å². The SMILES string of the molecule is CCOC(=O)CNC1C(=O)N(c2ccccc2)C(=O)C1C(=O)c1ccccc1. The van der Waals surface area contributed by atoms with E-state index >= 15 is 0 Å². The average Bonchev–Trinajstić information content (AvgIpc) is 2.97. The Kier molecular flexibility index (Phi) is 5.96. The van der Waals surface area contributed by atoms with Gasteiger partial charge < -0.3 is 4.74 Å². The number of amides is 2. The lowest BCUT2D eigenvalue weighted by molar-refractivity contribution is -0.142. The number of anilines is 1. The molecule has 1 saturated heterocycles. The van der Waals surface area contributed by atoms with Gasteiger partial charge in [-0.25, -0.2) is 4.90 Å². The standard InChI is InChI=1S/C21H20N2O5/c1-2-28-16(24)13-22-18-17(19(25)14-9-5-3-6-10-14)20(26)23(21(18)27)15-11-7-4-8-12-15/h3-12,17-18,22H,2,13H2,1H3. The molecule has 1 fully saturated rings. The summed E-state index contributed by atoms with van der Waals surface area (Å²) in [4.78, 5) is 51.7. The third kappa shape index (κ3) is 3.84. The zero-order valence-corrected chi connectivity index (χ0v) is 15.3. The van der Waals surface area contributed by atoms with Crippen molar-refractivity contribution in [2.75, 3.05) is 18.1 Å². The summed E-state index contributed by atoms with van der Waals surface area (Å²) in [5, 5.41) is 2.74. The fourth-order valence-electron chi connectivity index (χ4n) is 3.16. The van der Waals surface area contributed by atoms with Gasteiger partial charge in [0, 0.05) is 5.56 Å². The van der Waals surface area contributed by atoms with Crippen molar-refractivity contribution in [3.8, 4) is 0 Å². The number of ether oxygens (including phenoxy) is 1. The van der Waals surface area contributed by atoms with Crippen LogP contribution in [0.25, 0.3) is 0 Å². The zero-order valence-electron chi connectivity index (χ0n) is 15.3. The van der Waals surface area contributed by atoms with Crippen molar-refractivity contribution < 1.29 is 23.9 Å². The number of benzene rings is 2. The van der Waals surface area contributed by atoms with Gasteiger partial charge >= 0.3 is 5.97 Å². The molecule has 7 nitrogen and oxygen atoms in total. The van der Waals surface area contributed by atoms with Crippen LogP contribution in [0.3, 0.4) is 0 Å². The first kappa shape index (κ1) is 19.4. The highest BCUT2D eigenvalue weighted by atomic mass is 16.5. The molecular formula is C21H20N2O5. The summed E-state index contributed by atoms with van der Waals surface area (Å²) in [5.41, 5.74) is 0.704. The summed E-state index contributed by atoms with van der Waals surface area (Å²) in [5.74, 6) is -3.49. The highest BCUT2D eigenvalue weighted by Gasteiger charge is 2.51. The molecule has 0 bridgehead atoms. The van der Waals surface area contributed by atoms with Gasteiger partial charge in [0.2, 0.25) is 5.91 Å². The van der Waals surface area contributed by atoms with Gasteiger partial charge in [-0.15, -0.1) is 0 Å². The molecule has 2 unspecified atom stereocenters. The molecule has 1 aliphatic heterocycles. The van der Waals surface area contributed by atoms with E-state index < -0.39 is 35.5 Å². The maximum absolute atomic E-state index is 13.0. The van der Waals surface area contributed by atoms with E-state index in [1.165, 1.54) is 0 Å². The molecule has 0 radical (unpaired) electrons. The van der Waals surface area contributed by atoms with Gasteiger partial charge in [-0.2, -0.15) is 0 Å². The molecule has 1 aliphatic rings. The van der Waals surface area contributed by atoms with Crippen molar-refractivity contribution in [3.05, 3.63) is 66.2 Å². The van der Waals surface area contributed by atoms with Crippen LogP contribution in [0.15, 0.2) is 60.7 Å². The van der Waals surface area contributed by atoms with Crippen LogP contribution in [0, 0.1) is 5.92 Å². The number of ketones is 1. The van der Waals surface area contributed by atoms with E-state index in [9.17, 15) is 19.2 Å². The molecule has 2 aromatic rings. The lowest BCUT2D eigenvalue weighted by Crippen LogP contribution is -2.45. The molecule has 2 amide bonds. The van der Waals surface area contributed by atoms with Gasteiger partial charge in [0.05, 0.1) is 18.8 Å². The van der Waals surface area contributed by atoms with Crippen LogP contribution in [0.5, 0.6) is 0 Å². The second-order valence-corrected chi connectivity index (χ2v) is 6.22. The molecular weight excluding hydrogens is 360 g/mol. The summed E-state index contributed by atoms with van der Waals surface area (Å²) in [6.45, 7) is 1.58. The molecule has 7 heteroatoms. The van der Waals surface area contributed by atoms with Crippen LogP contribution in [0.2, 0.25) is 0 Å². The molecule has 0 aromatic heterocycles. The highest BCUT2D eigenvalue weighted by molar-refractivity contribution is 6.31. The maximum Gasteiger partial charge on any atom is 0.319 e. The quantitative estimate of drug-likeness (QED) is 0.339. The second-order valence-electron chi connectivity index (χ2n) is 6.22. The number of nitrogens with one attached hydrogen (secondary N) is 1. The number of imide groups is 1. The Morgan fingerprint density at radius 1 is 0.964 bits per heavy atom.